The van der Waals surface area contributed by atoms with Crippen molar-refractivity contribution in [3.63, 3.8) is 0 Å². The second kappa shape index (κ2) is 4.30. The van der Waals surface area contributed by atoms with E-state index in [1.165, 1.54) is 12.8 Å². The Hall–Kier alpha value is -0.570. The van der Waals surface area contributed by atoms with E-state index in [-0.39, 0.29) is 6.04 Å². The molecule has 0 spiro atoms. The zero-order chi connectivity index (χ0) is 9.97. The zero-order valence-corrected chi connectivity index (χ0v) is 8.96. The summed E-state index contributed by atoms with van der Waals surface area (Å²) in [5.74, 6) is 1.14. The molecule has 3 heteroatoms. The van der Waals surface area contributed by atoms with Crippen molar-refractivity contribution < 1.29 is 4.79 Å². The molecule has 0 saturated carbocycles. The minimum Gasteiger partial charge on any atom is -0.341 e. The van der Waals surface area contributed by atoms with Gasteiger partial charge in [-0.2, -0.15) is 0 Å². The second-order valence-corrected chi connectivity index (χ2v) is 4.66. The van der Waals surface area contributed by atoms with E-state index in [1.807, 2.05) is 4.90 Å². The molecule has 2 aliphatic rings. The van der Waals surface area contributed by atoms with Crippen LogP contribution in [0, 0.1) is 5.92 Å². The molecule has 2 heterocycles. The Morgan fingerprint density at radius 2 is 2.00 bits per heavy atom. The number of nitrogens with zero attached hydrogens (tertiary/aromatic N) is 1. The fraction of sp³-hybridized carbons (Fsp3) is 0.909. The number of carbonyl (C=O) groups is 1. The minimum absolute atomic E-state index is 0.128. The topological polar surface area (TPSA) is 32.3 Å². The molecule has 1 atom stereocenters. The summed E-state index contributed by atoms with van der Waals surface area (Å²) in [6, 6.07) is 0.128. The molecule has 80 valence electrons. The van der Waals surface area contributed by atoms with Gasteiger partial charge in [-0.25, -0.2) is 0 Å². The molecule has 0 radical (unpaired) electrons. The van der Waals surface area contributed by atoms with Crippen molar-refractivity contribution in [2.24, 2.45) is 5.92 Å². The van der Waals surface area contributed by atoms with Gasteiger partial charge in [-0.3, -0.25) is 4.79 Å². The van der Waals surface area contributed by atoms with Crippen LogP contribution in [0.25, 0.3) is 0 Å². The van der Waals surface area contributed by atoms with E-state index in [2.05, 4.69) is 12.2 Å². The zero-order valence-electron chi connectivity index (χ0n) is 8.96. The van der Waals surface area contributed by atoms with Gasteiger partial charge in [0.15, 0.2) is 0 Å². The summed E-state index contributed by atoms with van der Waals surface area (Å²) in [6.45, 7) is 5.23. The molecule has 0 bridgehead atoms. The third-order valence-electron chi connectivity index (χ3n) is 3.45. The van der Waals surface area contributed by atoms with Crippen LogP contribution in [0.1, 0.15) is 32.6 Å². The van der Waals surface area contributed by atoms with Crippen LogP contribution in [-0.2, 0) is 4.79 Å². The van der Waals surface area contributed by atoms with Crippen LogP contribution >= 0.6 is 0 Å². The Labute approximate surface area is 85.8 Å². The summed E-state index contributed by atoms with van der Waals surface area (Å²) in [4.78, 5) is 14.0. The molecule has 2 saturated heterocycles. The van der Waals surface area contributed by atoms with Crippen LogP contribution in [0.5, 0.6) is 0 Å². The first-order valence-corrected chi connectivity index (χ1v) is 5.79. The lowest BCUT2D eigenvalue weighted by molar-refractivity contribution is -0.134. The van der Waals surface area contributed by atoms with Crippen LogP contribution in [-0.4, -0.2) is 36.5 Å². The van der Waals surface area contributed by atoms with E-state index in [0.29, 0.717) is 5.91 Å². The largest absolute Gasteiger partial charge is 0.341 e. The Balaban J connectivity index is 1.85. The number of piperidine rings is 1. The van der Waals surface area contributed by atoms with E-state index < -0.39 is 0 Å². The van der Waals surface area contributed by atoms with Gasteiger partial charge in [-0.05, 0) is 38.1 Å². The molecule has 0 aromatic rings. The van der Waals surface area contributed by atoms with Crippen molar-refractivity contribution in [3.05, 3.63) is 0 Å². The maximum Gasteiger partial charge on any atom is 0.239 e. The highest BCUT2D eigenvalue weighted by Crippen LogP contribution is 2.18. The number of hydrogen-bond donors (Lipinski definition) is 1. The number of rotatable bonds is 1. The fourth-order valence-corrected chi connectivity index (χ4v) is 2.34. The number of nitrogens with one attached hydrogen (secondary N) is 1. The molecule has 14 heavy (non-hydrogen) atoms. The molecule has 0 unspecified atom stereocenters. The first-order chi connectivity index (χ1) is 6.77. The lowest BCUT2D eigenvalue weighted by atomic mass is 9.98. The van der Waals surface area contributed by atoms with Crippen LogP contribution in [0.15, 0.2) is 0 Å². The quantitative estimate of drug-likeness (QED) is 0.678. The molecule has 0 aromatic heterocycles. The average molecular weight is 196 g/mol. The monoisotopic (exact) mass is 196 g/mol. The lowest BCUT2D eigenvalue weighted by Crippen LogP contribution is -2.46. The lowest BCUT2D eigenvalue weighted by Gasteiger charge is -2.32. The fourth-order valence-electron chi connectivity index (χ4n) is 2.34. The molecule has 2 fully saturated rings. The molecule has 3 nitrogen and oxygen atoms in total. The SMILES string of the molecule is CC1CCN(C(=O)[C@H]2CCCN2)CC1. The van der Waals surface area contributed by atoms with Crippen molar-refractivity contribution in [2.45, 2.75) is 38.6 Å². The predicted molar refractivity (Wildman–Crippen MR) is 56.0 cm³/mol. The first-order valence-electron chi connectivity index (χ1n) is 5.79. The molecular weight excluding hydrogens is 176 g/mol. The highest BCUT2D eigenvalue weighted by Gasteiger charge is 2.28. The summed E-state index contributed by atoms with van der Waals surface area (Å²) in [6.07, 6.45) is 4.54. The van der Waals surface area contributed by atoms with E-state index in [4.69, 9.17) is 0 Å². The maximum absolute atomic E-state index is 12.0. The Morgan fingerprint density at radius 1 is 1.29 bits per heavy atom. The van der Waals surface area contributed by atoms with Gasteiger partial charge in [0.1, 0.15) is 0 Å². The molecule has 2 rings (SSSR count). The normalized spacial score (nSPS) is 29.5. The molecule has 0 aromatic carbocycles. The third-order valence-corrected chi connectivity index (χ3v) is 3.45. The molecule has 1 amide bonds. The van der Waals surface area contributed by atoms with E-state index in [1.54, 1.807) is 0 Å². The second-order valence-electron chi connectivity index (χ2n) is 4.66. The van der Waals surface area contributed by atoms with Crippen molar-refractivity contribution in [1.29, 1.82) is 0 Å². The molecule has 0 aliphatic carbocycles. The standard InChI is InChI=1S/C11H20N2O/c1-9-4-7-13(8-5-9)11(14)10-3-2-6-12-10/h9-10,12H,2-8H2,1H3/t10-/m1/s1. The predicted octanol–water partition coefficient (Wildman–Crippen LogP) is 0.997. The summed E-state index contributed by atoms with van der Waals surface area (Å²) >= 11 is 0. The molecule has 2 aliphatic heterocycles. The van der Waals surface area contributed by atoms with E-state index in [0.717, 1.165) is 38.4 Å². The van der Waals surface area contributed by atoms with Gasteiger partial charge in [0.05, 0.1) is 6.04 Å². The van der Waals surface area contributed by atoms with Crippen LogP contribution in [0.4, 0.5) is 0 Å². The molecular formula is C11H20N2O. The smallest absolute Gasteiger partial charge is 0.239 e. The summed E-state index contributed by atoms with van der Waals surface area (Å²) < 4.78 is 0. The maximum atomic E-state index is 12.0. The van der Waals surface area contributed by atoms with Gasteiger partial charge in [0, 0.05) is 13.1 Å². The van der Waals surface area contributed by atoms with Crippen LogP contribution in [0.3, 0.4) is 0 Å². The van der Waals surface area contributed by atoms with Crippen molar-refractivity contribution >= 4 is 5.91 Å². The Bertz CT molecular complexity index is 203. The van der Waals surface area contributed by atoms with Gasteiger partial charge < -0.3 is 10.2 Å². The number of carbonyl (C=O) groups excluding carboxylic acids is 1. The highest BCUT2D eigenvalue weighted by molar-refractivity contribution is 5.82. The number of amides is 1. The number of hydrogen-bond acceptors (Lipinski definition) is 2. The van der Waals surface area contributed by atoms with Gasteiger partial charge in [-0.15, -0.1) is 0 Å². The highest BCUT2D eigenvalue weighted by atomic mass is 16.2. The average Bonchev–Trinajstić information content (AvgIpc) is 2.71. The van der Waals surface area contributed by atoms with Crippen molar-refractivity contribution in [2.75, 3.05) is 19.6 Å². The van der Waals surface area contributed by atoms with Gasteiger partial charge in [-0.1, -0.05) is 6.92 Å². The minimum atomic E-state index is 0.128. The van der Waals surface area contributed by atoms with Crippen LogP contribution < -0.4 is 5.32 Å². The van der Waals surface area contributed by atoms with Gasteiger partial charge >= 0.3 is 0 Å². The summed E-state index contributed by atoms with van der Waals surface area (Å²) in [7, 11) is 0. The summed E-state index contributed by atoms with van der Waals surface area (Å²) in [5.41, 5.74) is 0. The Kier molecular flexibility index (Phi) is 3.06. The number of likely N-dealkylation sites (tertiary alicyclic amines) is 1. The van der Waals surface area contributed by atoms with Gasteiger partial charge in [0.25, 0.3) is 0 Å². The first kappa shape index (κ1) is 9.97. The Morgan fingerprint density at radius 3 is 2.57 bits per heavy atom. The van der Waals surface area contributed by atoms with Gasteiger partial charge in [0.2, 0.25) is 5.91 Å². The van der Waals surface area contributed by atoms with Crippen molar-refractivity contribution in [1.82, 2.24) is 10.2 Å². The third kappa shape index (κ3) is 2.08. The van der Waals surface area contributed by atoms with E-state index in [9.17, 15) is 4.79 Å². The summed E-state index contributed by atoms with van der Waals surface area (Å²) in [5, 5.41) is 3.27. The van der Waals surface area contributed by atoms with Crippen molar-refractivity contribution in [3.8, 4) is 0 Å². The molecule has 1 N–H and O–H groups in total. The van der Waals surface area contributed by atoms with E-state index >= 15 is 0 Å². The van der Waals surface area contributed by atoms with Crippen LogP contribution in [0.2, 0.25) is 0 Å².